The number of aliphatic carboxylic acids is 1. The Bertz CT molecular complexity index is 1480. The minimum absolute atomic E-state index is 0.0400. The van der Waals surface area contributed by atoms with Gasteiger partial charge in [0.2, 0.25) is 5.91 Å². The summed E-state index contributed by atoms with van der Waals surface area (Å²) in [5, 5.41) is 22.0. The van der Waals surface area contributed by atoms with E-state index in [1.165, 1.54) is 53.1 Å². The number of β-lactam (4-membered cyclic amide) rings is 1. The van der Waals surface area contributed by atoms with Gasteiger partial charge in [-0.3, -0.25) is 14.5 Å². The molecule has 2 aromatic rings. The van der Waals surface area contributed by atoms with Crippen LogP contribution in [0.3, 0.4) is 0 Å². The highest BCUT2D eigenvalue weighted by atomic mass is 35.5. The van der Waals surface area contributed by atoms with Crippen LogP contribution in [0.5, 0.6) is 5.75 Å². The fraction of sp³-hybridized carbons (Fsp3) is 0.423. The first-order valence-corrected chi connectivity index (χ1v) is 16.3. The summed E-state index contributed by atoms with van der Waals surface area (Å²) in [4.78, 5) is 64.6. The maximum absolute atomic E-state index is 13.6. The first-order chi connectivity index (χ1) is 20.8. The molecule has 236 valence electrons. The SMILES string of the molecule is CCOC(=O)Oc1ccc([C@@H](NC(=O)OC(C)(C)C)C(=O)NC2C(=O)N3C(C(=O)O)=C(CSc4nncs4)CS[C@H]23)cc1Cl. The van der Waals surface area contributed by atoms with E-state index >= 15 is 0 Å². The molecule has 18 heteroatoms. The number of hydrogen-bond donors (Lipinski definition) is 3. The molecule has 4 rings (SSSR count). The Morgan fingerprint density at radius 3 is 2.64 bits per heavy atom. The third kappa shape index (κ3) is 7.94. The van der Waals surface area contributed by atoms with Crippen LogP contribution in [0.4, 0.5) is 9.59 Å². The number of amides is 3. The molecule has 1 aromatic heterocycles. The van der Waals surface area contributed by atoms with Gasteiger partial charge in [-0.2, -0.15) is 0 Å². The van der Waals surface area contributed by atoms with Gasteiger partial charge in [0.25, 0.3) is 5.91 Å². The lowest BCUT2D eigenvalue weighted by atomic mass is 10.0. The van der Waals surface area contributed by atoms with Gasteiger partial charge in [-0.25, -0.2) is 14.4 Å². The average molecular weight is 686 g/mol. The number of carbonyl (C=O) groups is 5. The number of nitrogens with one attached hydrogen (secondary N) is 2. The van der Waals surface area contributed by atoms with E-state index in [1.54, 1.807) is 33.2 Å². The maximum atomic E-state index is 13.6. The number of carboxylic acid groups (broad SMARTS) is 1. The maximum Gasteiger partial charge on any atom is 0.513 e. The Kier molecular flexibility index (Phi) is 10.6. The highest BCUT2D eigenvalue weighted by molar-refractivity contribution is 8.01. The van der Waals surface area contributed by atoms with Crippen LogP contribution in [0.25, 0.3) is 0 Å². The molecule has 1 unspecified atom stereocenters. The Morgan fingerprint density at radius 1 is 1.27 bits per heavy atom. The van der Waals surface area contributed by atoms with E-state index < -0.39 is 53.1 Å². The van der Waals surface area contributed by atoms with Gasteiger partial charge in [0.05, 0.1) is 11.6 Å². The van der Waals surface area contributed by atoms with Crippen LogP contribution >= 0.6 is 46.5 Å². The molecule has 0 aliphatic carbocycles. The number of carbonyl (C=O) groups excluding carboxylic acids is 4. The molecule has 2 aliphatic rings. The van der Waals surface area contributed by atoms with Gasteiger partial charge in [0.15, 0.2) is 10.1 Å². The van der Waals surface area contributed by atoms with Crippen LogP contribution in [0.15, 0.2) is 39.3 Å². The molecule has 3 amide bonds. The van der Waals surface area contributed by atoms with Crippen molar-refractivity contribution in [1.82, 2.24) is 25.7 Å². The van der Waals surface area contributed by atoms with E-state index in [0.29, 0.717) is 21.4 Å². The molecule has 0 saturated carbocycles. The second kappa shape index (κ2) is 14.0. The Morgan fingerprint density at radius 2 is 2.02 bits per heavy atom. The first kappa shape index (κ1) is 33.4. The number of fused-ring (bicyclic) bond motifs is 1. The normalized spacial score (nSPS) is 18.5. The van der Waals surface area contributed by atoms with Gasteiger partial charge < -0.3 is 30.0 Å². The number of hydrogen-bond acceptors (Lipinski definition) is 13. The third-order valence-corrected chi connectivity index (χ3v) is 9.51. The Labute approximate surface area is 269 Å². The molecule has 0 spiro atoms. The summed E-state index contributed by atoms with van der Waals surface area (Å²) in [5.41, 5.74) is 1.29. The summed E-state index contributed by atoms with van der Waals surface area (Å²) in [7, 11) is 0. The van der Waals surface area contributed by atoms with E-state index in [1.807, 2.05) is 0 Å². The zero-order chi connectivity index (χ0) is 32.2. The van der Waals surface area contributed by atoms with Crippen molar-refractivity contribution >= 4 is 76.5 Å². The minimum Gasteiger partial charge on any atom is -0.477 e. The predicted octanol–water partition coefficient (Wildman–Crippen LogP) is 3.82. The molecule has 44 heavy (non-hydrogen) atoms. The summed E-state index contributed by atoms with van der Waals surface area (Å²) < 4.78 is 15.8. The molecule has 1 fully saturated rings. The van der Waals surface area contributed by atoms with Crippen LogP contribution in [-0.4, -0.2) is 85.4 Å². The lowest BCUT2D eigenvalue weighted by Crippen LogP contribution is -2.71. The van der Waals surface area contributed by atoms with Crippen molar-refractivity contribution < 1.29 is 43.3 Å². The van der Waals surface area contributed by atoms with Gasteiger partial charge in [0, 0.05) is 11.5 Å². The van der Waals surface area contributed by atoms with E-state index in [4.69, 9.17) is 25.8 Å². The molecule has 1 aromatic carbocycles. The highest BCUT2D eigenvalue weighted by Crippen LogP contribution is 2.42. The van der Waals surface area contributed by atoms with Crippen molar-refractivity contribution in [3.05, 3.63) is 45.6 Å². The predicted molar refractivity (Wildman–Crippen MR) is 162 cm³/mol. The lowest BCUT2D eigenvalue weighted by molar-refractivity contribution is -0.151. The van der Waals surface area contributed by atoms with E-state index in [-0.39, 0.29) is 28.6 Å². The smallest absolute Gasteiger partial charge is 0.477 e. The number of ether oxygens (including phenoxy) is 3. The van der Waals surface area contributed by atoms with Crippen molar-refractivity contribution in [3.63, 3.8) is 0 Å². The fourth-order valence-electron chi connectivity index (χ4n) is 4.15. The van der Waals surface area contributed by atoms with E-state index in [9.17, 15) is 29.1 Å². The van der Waals surface area contributed by atoms with Gasteiger partial charge >= 0.3 is 18.2 Å². The summed E-state index contributed by atoms with van der Waals surface area (Å²) >= 11 is 10.2. The molecule has 3 N–H and O–H groups in total. The zero-order valence-corrected chi connectivity index (χ0v) is 27.0. The number of nitrogens with zero attached hydrogens (tertiary/aromatic N) is 3. The topological polar surface area (TPSA) is 186 Å². The van der Waals surface area contributed by atoms with Gasteiger partial charge in [-0.1, -0.05) is 40.8 Å². The minimum atomic E-state index is -1.39. The molecule has 1 saturated heterocycles. The van der Waals surface area contributed by atoms with Crippen molar-refractivity contribution in [2.75, 3.05) is 18.1 Å². The number of rotatable bonds is 10. The largest absolute Gasteiger partial charge is 0.513 e. The number of halogens is 1. The van der Waals surface area contributed by atoms with Crippen LogP contribution in [0, 0.1) is 0 Å². The Balaban J connectivity index is 1.53. The standard InChI is InChI=1S/C26H28ClN5O9S3/c1-5-39-25(38)40-15-7-6-12(8-14(15)27)16(30-23(37)41-26(2,3)4)19(33)29-17-20(34)32-18(22(35)36)13(9-42-21(17)32)10-43-24-31-28-11-44-24/h6-8,11,16-17,21H,5,9-10H2,1-4H3,(H,29,33)(H,30,37)(H,35,36)/t16-,17?,21-/m1/s1. The molecule has 0 bridgehead atoms. The molecule has 0 radical (unpaired) electrons. The zero-order valence-electron chi connectivity index (χ0n) is 23.8. The summed E-state index contributed by atoms with van der Waals surface area (Å²) in [5.74, 6) is -2.07. The second-order valence-corrected chi connectivity index (χ2v) is 13.8. The molecular formula is C26H28ClN5O9S3. The van der Waals surface area contributed by atoms with Crippen molar-refractivity contribution in [1.29, 1.82) is 0 Å². The van der Waals surface area contributed by atoms with Crippen LogP contribution in [-0.2, 0) is 23.9 Å². The monoisotopic (exact) mass is 685 g/mol. The van der Waals surface area contributed by atoms with Gasteiger partial charge in [-0.05, 0) is 51.0 Å². The van der Waals surface area contributed by atoms with Gasteiger partial charge in [-0.15, -0.1) is 22.0 Å². The summed E-state index contributed by atoms with van der Waals surface area (Å²) in [6, 6.07) is 1.59. The number of alkyl carbamates (subject to hydrolysis) is 1. The molecule has 2 aliphatic heterocycles. The van der Waals surface area contributed by atoms with Crippen LogP contribution < -0.4 is 15.4 Å². The molecule has 3 atom stereocenters. The molecular weight excluding hydrogens is 658 g/mol. The Hall–Kier alpha value is -3.54. The first-order valence-electron chi connectivity index (χ1n) is 13.0. The van der Waals surface area contributed by atoms with Crippen LogP contribution in [0.1, 0.15) is 39.3 Å². The number of carboxylic acids is 1. The van der Waals surface area contributed by atoms with Crippen LogP contribution in [0.2, 0.25) is 5.02 Å². The number of thioether (sulfide) groups is 2. The second-order valence-electron chi connectivity index (χ2n) is 10.2. The summed E-state index contributed by atoms with van der Waals surface area (Å²) in [6.07, 6.45) is -1.89. The highest BCUT2D eigenvalue weighted by Gasteiger charge is 2.54. The lowest BCUT2D eigenvalue weighted by Gasteiger charge is -2.49. The van der Waals surface area contributed by atoms with Crippen molar-refractivity contribution in [2.24, 2.45) is 0 Å². The molecule has 3 heterocycles. The number of benzene rings is 1. The summed E-state index contributed by atoms with van der Waals surface area (Å²) in [6.45, 7) is 6.64. The molecule has 14 nitrogen and oxygen atoms in total. The fourth-order valence-corrected chi connectivity index (χ4v) is 7.35. The number of aromatic nitrogens is 2. The van der Waals surface area contributed by atoms with Gasteiger partial charge in [0.1, 0.15) is 34.3 Å². The quantitative estimate of drug-likeness (QED) is 0.142. The van der Waals surface area contributed by atoms with Crippen molar-refractivity contribution in [2.45, 2.75) is 55.1 Å². The average Bonchev–Trinajstić information content (AvgIpc) is 3.47. The van der Waals surface area contributed by atoms with Crippen molar-refractivity contribution in [3.8, 4) is 5.75 Å². The van der Waals surface area contributed by atoms with E-state index in [2.05, 4.69) is 20.8 Å². The third-order valence-electron chi connectivity index (χ3n) is 5.93. The van der Waals surface area contributed by atoms with E-state index in [0.717, 1.165) is 4.90 Å².